The summed E-state index contributed by atoms with van der Waals surface area (Å²) in [5, 5.41) is 12.3. The fraction of sp³-hybridized carbons (Fsp3) is 0.250. The van der Waals surface area contributed by atoms with E-state index in [9.17, 15) is 22.8 Å². The number of rotatable bonds is 8. The summed E-state index contributed by atoms with van der Waals surface area (Å²) in [5.41, 5.74) is 6.73. The molecule has 1 atom stereocenters. The zero-order valence-corrected chi connectivity index (χ0v) is 23.3. The molecule has 0 radical (unpaired) electrons. The molecule has 3 aromatic rings. The number of para-hydroxylation sites is 1. The van der Waals surface area contributed by atoms with E-state index < -0.39 is 30.1 Å². The number of halogens is 4. The highest BCUT2D eigenvalue weighted by atomic mass is 35.5. The minimum Gasteiger partial charge on any atom is -0.398 e. The van der Waals surface area contributed by atoms with Crippen molar-refractivity contribution in [3.05, 3.63) is 88.4 Å². The van der Waals surface area contributed by atoms with Crippen LogP contribution in [0.3, 0.4) is 0 Å². The van der Waals surface area contributed by atoms with Gasteiger partial charge in [0.05, 0.1) is 28.4 Å². The first-order chi connectivity index (χ1) is 19.5. The summed E-state index contributed by atoms with van der Waals surface area (Å²) in [7, 11) is 0. The molecule has 0 aliphatic carbocycles. The summed E-state index contributed by atoms with van der Waals surface area (Å²) < 4.78 is 38.9. The Labute approximate surface area is 245 Å². The molecule has 41 heavy (non-hydrogen) atoms. The Morgan fingerprint density at radius 3 is 2.54 bits per heavy atom. The molecular weight excluding hydrogens is 577 g/mol. The van der Waals surface area contributed by atoms with Crippen LogP contribution in [0.4, 0.5) is 30.2 Å². The maximum atomic E-state index is 13.0. The van der Waals surface area contributed by atoms with Crippen molar-refractivity contribution in [2.75, 3.05) is 36.0 Å². The third-order valence-electron chi connectivity index (χ3n) is 6.39. The zero-order valence-electron chi connectivity index (χ0n) is 21.7. The smallest absolute Gasteiger partial charge is 0.398 e. The van der Waals surface area contributed by atoms with Gasteiger partial charge in [0.15, 0.2) is 5.11 Å². The average Bonchev–Trinajstić information content (AvgIpc) is 3.35. The molecular formula is C28H28ClF3N6O2S. The Hall–Kier alpha value is -3.87. The Bertz CT molecular complexity index is 1420. The van der Waals surface area contributed by atoms with E-state index in [4.69, 9.17) is 29.6 Å². The van der Waals surface area contributed by atoms with E-state index in [0.29, 0.717) is 41.4 Å². The van der Waals surface area contributed by atoms with Gasteiger partial charge >= 0.3 is 6.18 Å². The van der Waals surface area contributed by atoms with Gasteiger partial charge in [-0.25, -0.2) is 0 Å². The molecule has 1 saturated heterocycles. The first kappa shape index (κ1) is 30.1. The van der Waals surface area contributed by atoms with E-state index in [1.165, 1.54) is 0 Å². The van der Waals surface area contributed by atoms with Crippen LogP contribution in [0.1, 0.15) is 27.9 Å². The maximum Gasteiger partial charge on any atom is 0.416 e. The lowest BCUT2D eigenvalue weighted by Crippen LogP contribution is -2.43. The first-order valence-electron chi connectivity index (χ1n) is 12.7. The number of alkyl halides is 3. The lowest BCUT2D eigenvalue weighted by atomic mass is 10.1. The molecule has 1 aliphatic heterocycles. The molecule has 1 aliphatic rings. The molecule has 216 valence electrons. The van der Waals surface area contributed by atoms with Crippen molar-refractivity contribution < 1.29 is 22.8 Å². The normalized spacial score (nSPS) is 15.3. The van der Waals surface area contributed by atoms with Gasteiger partial charge in [-0.05, 0) is 66.7 Å². The van der Waals surface area contributed by atoms with Crippen molar-refractivity contribution in [3.63, 3.8) is 0 Å². The molecule has 3 aromatic carbocycles. The lowest BCUT2D eigenvalue weighted by Gasteiger charge is -2.18. The zero-order chi connectivity index (χ0) is 29.6. The molecule has 0 aromatic heterocycles. The standard InChI is InChI=1S/C28H28ClF3N6O2S/c29-22-8-6-17(12-24(22)37-27(41)36-19-4-2-1-3-5-19)15-38-11-10-20(16-38)35-25(39)14-34-26(40)21-13-18(28(30,31)32)7-9-23(21)33/h1-9,12-13,20H,10-11,14-16,33H2,(H,34,40)(H,35,39)(H2,36,37,41)/t20-/m0/s1. The number of nitrogens with two attached hydrogens (primary N) is 1. The van der Waals surface area contributed by atoms with E-state index in [-0.39, 0.29) is 17.3 Å². The molecule has 0 bridgehead atoms. The molecule has 0 unspecified atom stereocenters. The highest BCUT2D eigenvalue weighted by Crippen LogP contribution is 2.31. The highest BCUT2D eigenvalue weighted by molar-refractivity contribution is 7.80. The van der Waals surface area contributed by atoms with Crippen LogP contribution in [0.5, 0.6) is 0 Å². The number of hydrogen-bond acceptors (Lipinski definition) is 5. The fourth-order valence-corrected chi connectivity index (χ4v) is 4.78. The minimum absolute atomic E-state index is 0.114. The monoisotopic (exact) mass is 604 g/mol. The van der Waals surface area contributed by atoms with Gasteiger partial charge < -0.3 is 27.0 Å². The molecule has 4 rings (SSSR count). The molecule has 2 amide bonds. The predicted octanol–water partition coefficient (Wildman–Crippen LogP) is 4.87. The molecule has 8 nitrogen and oxygen atoms in total. The summed E-state index contributed by atoms with van der Waals surface area (Å²) in [6.45, 7) is 1.54. The molecule has 0 spiro atoms. The number of nitrogens with one attached hydrogen (secondary N) is 4. The molecule has 13 heteroatoms. The van der Waals surface area contributed by atoms with Crippen LogP contribution >= 0.6 is 23.8 Å². The number of thiocarbonyl (C=S) groups is 1. The van der Waals surface area contributed by atoms with E-state index in [0.717, 1.165) is 29.9 Å². The fourth-order valence-electron chi connectivity index (χ4n) is 4.39. The van der Waals surface area contributed by atoms with Crippen LogP contribution < -0.4 is 27.0 Å². The summed E-state index contributed by atoms with van der Waals surface area (Å²) in [4.78, 5) is 27.0. The summed E-state index contributed by atoms with van der Waals surface area (Å²) >= 11 is 11.8. The van der Waals surface area contributed by atoms with Gasteiger partial charge in [0.2, 0.25) is 5.91 Å². The minimum atomic E-state index is -4.62. The molecule has 0 saturated carbocycles. The van der Waals surface area contributed by atoms with Gasteiger partial charge in [0.25, 0.3) is 5.91 Å². The number of anilines is 3. The van der Waals surface area contributed by atoms with Crippen molar-refractivity contribution in [1.29, 1.82) is 0 Å². The Balaban J connectivity index is 1.25. The SMILES string of the molecule is Nc1ccc(C(F)(F)F)cc1C(=O)NCC(=O)N[C@H]1CCN(Cc2ccc(Cl)c(NC(=S)Nc3ccccc3)c2)C1. The van der Waals surface area contributed by atoms with Crippen LogP contribution in [0, 0.1) is 0 Å². The molecule has 1 heterocycles. The largest absolute Gasteiger partial charge is 0.416 e. The van der Waals surface area contributed by atoms with Gasteiger partial charge in [-0.3, -0.25) is 14.5 Å². The van der Waals surface area contributed by atoms with Gasteiger partial charge in [0, 0.05) is 37.1 Å². The van der Waals surface area contributed by atoms with E-state index in [1.807, 2.05) is 42.5 Å². The highest BCUT2D eigenvalue weighted by Gasteiger charge is 2.31. The van der Waals surface area contributed by atoms with Gasteiger partial charge in [-0.15, -0.1) is 0 Å². The van der Waals surface area contributed by atoms with Crippen molar-refractivity contribution >= 4 is 57.8 Å². The van der Waals surface area contributed by atoms with Crippen LogP contribution in [-0.4, -0.2) is 47.5 Å². The number of likely N-dealkylation sites (tertiary alicyclic amines) is 1. The van der Waals surface area contributed by atoms with Crippen molar-refractivity contribution in [1.82, 2.24) is 15.5 Å². The van der Waals surface area contributed by atoms with Crippen LogP contribution in [0.2, 0.25) is 5.02 Å². The predicted molar refractivity (Wildman–Crippen MR) is 158 cm³/mol. The van der Waals surface area contributed by atoms with Crippen molar-refractivity contribution in [3.8, 4) is 0 Å². The lowest BCUT2D eigenvalue weighted by molar-refractivity contribution is -0.137. The van der Waals surface area contributed by atoms with Crippen LogP contribution in [0.25, 0.3) is 0 Å². The second-order valence-corrected chi connectivity index (χ2v) is 10.3. The number of nitrogen functional groups attached to an aromatic ring is 1. The van der Waals surface area contributed by atoms with Gasteiger partial charge in [-0.2, -0.15) is 13.2 Å². The summed E-state index contributed by atoms with van der Waals surface area (Å²) in [5.74, 6) is -1.31. The van der Waals surface area contributed by atoms with E-state index in [2.05, 4.69) is 26.2 Å². The van der Waals surface area contributed by atoms with Crippen LogP contribution in [0.15, 0.2) is 66.7 Å². The molecule has 1 fully saturated rings. The second-order valence-electron chi connectivity index (χ2n) is 9.53. The number of carbonyl (C=O) groups excluding carboxylic acids is 2. The third-order valence-corrected chi connectivity index (χ3v) is 6.92. The number of benzene rings is 3. The Morgan fingerprint density at radius 1 is 1.05 bits per heavy atom. The number of hydrogen-bond donors (Lipinski definition) is 5. The van der Waals surface area contributed by atoms with Crippen LogP contribution in [-0.2, 0) is 17.5 Å². The quantitative estimate of drug-likeness (QED) is 0.184. The number of carbonyl (C=O) groups is 2. The molecule has 6 N–H and O–H groups in total. The third kappa shape index (κ3) is 8.56. The summed E-state index contributed by atoms with van der Waals surface area (Å²) in [6, 6.07) is 17.5. The number of amides is 2. The van der Waals surface area contributed by atoms with E-state index >= 15 is 0 Å². The average molecular weight is 605 g/mol. The Morgan fingerprint density at radius 2 is 1.80 bits per heavy atom. The van der Waals surface area contributed by atoms with E-state index in [1.54, 1.807) is 6.07 Å². The first-order valence-corrected chi connectivity index (χ1v) is 13.4. The summed E-state index contributed by atoms with van der Waals surface area (Å²) in [6.07, 6.45) is -3.92. The second kappa shape index (κ2) is 13.2. The topological polar surface area (TPSA) is 112 Å². The Kier molecular flexibility index (Phi) is 9.69. The van der Waals surface area contributed by atoms with Gasteiger partial charge in [0.1, 0.15) is 0 Å². The van der Waals surface area contributed by atoms with Crippen molar-refractivity contribution in [2.45, 2.75) is 25.2 Å². The maximum absolute atomic E-state index is 13.0. The van der Waals surface area contributed by atoms with Gasteiger partial charge in [-0.1, -0.05) is 35.9 Å². The van der Waals surface area contributed by atoms with Crippen molar-refractivity contribution in [2.24, 2.45) is 0 Å². The number of nitrogens with zero attached hydrogens (tertiary/aromatic N) is 1.